The van der Waals surface area contributed by atoms with Crippen LogP contribution in [-0.4, -0.2) is 36.9 Å². The van der Waals surface area contributed by atoms with Gasteiger partial charge in [0.15, 0.2) is 6.29 Å². The van der Waals surface area contributed by atoms with Crippen molar-refractivity contribution in [3.63, 3.8) is 0 Å². The van der Waals surface area contributed by atoms with Crippen LogP contribution in [0.4, 0.5) is 4.79 Å². The Morgan fingerprint density at radius 1 is 1.42 bits per heavy atom. The van der Waals surface area contributed by atoms with E-state index in [0.29, 0.717) is 6.29 Å². The number of aliphatic hydroxyl groups excluding tert-OH is 1. The monoisotopic (exact) mass is 267 g/mol. The van der Waals surface area contributed by atoms with Crippen LogP contribution >= 0.6 is 0 Å². The Morgan fingerprint density at radius 2 is 2.11 bits per heavy atom. The number of rotatable bonds is 7. The molecule has 0 fully saturated rings. The van der Waals surface area contributed by atoms with Gasteiger partial charge in [0.05, 0.1) is 6.04 Å². The summed E-state index contributed by atoms with van der Waals surface area (Å²) in [6, 6.07) is 8.34. The molecule has 0 radical (unpaired) electrons. The standard InChI is InChI=1S/C13H17NO5/c1-18-12(16)11(7-8-15)14-13(17)19-9-10-5-3-2-4-6-10/h2-6,8,11-12,16H,7,9H2,1H3,(H,14,17)/t11-,12?/m0/s1. The number of carbonyl (C=O) groups is 2. The number of nitrogens with one attached hydrogen (secondary N) is 1. The molecule has 0 aromatic heterocycles. The van der Waals surface area contributed by atoms with Gasteiger partial charge in [0.2, 0.25) is 0 Å². The molecule has 1 amide bonds. The quantitative estimate of drug-likeness (QED) is 0.564. The van der Waals surface area contributed by atoms with Gasteiger partial charge >= 0.3 is 6.09 Å². The molecule has 0 aliphatic heterocycles. The van der Waals surface area contributed by atoms with Crippen molar-refractivity contribution in [1.29, 1.82) is 0 Å². The maximum Gasteiger partial charge on any atom is 0.407 e. The minimum absolute atomic E-state index is 0.0601. The van der Waals surface area contributed by atoms with Crippen LogP contribution in [0.25, 0.3) is 0 Å². The van der Waals surface area contributed by atoms with Crippen LogP contribution in [0.5, 0.6) is 0 Å². The fraction of sp³-hybridized carbons (Fsp3) is 0.385. The molecule has 0 heterocycles. The largest absolute Gasteiger partial charge is 0.445 e. The van der Waals surface area contributed by atoms with Gasteiger partial charge in [0, 0.05) is 13.5 Å². The Balaban J connectivity index is 2.42. The van der Waals surface area contributed by atoms with E-state index in [0.717, 1.165) is 5.56 Å². The fourth-order valence-electron chi connectivity index (χ4n) is 1.43. The molecule has 0 aliphatic rings. The summed E-state index contributed by atoms with van der Waals surface area (Å²) in [5.74, 6) is 0. The van der Waals surface area contributed by atoms with Crippen LogP contribution < -0.4 is 5.32 Å². The highest BCUT2D eigenvalue weighted by molar-refractivity contribution is 5.68. The molecule has 0 bridgehead atoms. The first-order chi connectivity index (χ1) is 9.17. The van der Waals surface area contributed by atoms with E-state index in [2.05, 4.69) is 10.1 Å². The molecule has 0 aliphatic carbocycles. The average Bonchev–Trinajstić information content (AvgIpc) is 2.45. The third-order valence-electron chi connectivity index (χ3n) is 2.45. The number of ether oxygens (including phenoxy) is 2. The maximum atomic E-state index is 11.5. The normalized spacial score (nSPS) is 13.4. The molecule has 0 saturated carbocycles. The third kappa shape index (κ3) is 5.50. The molecule has 1 aromatic carbocycles. The second-order valence-electron chi connectivity index (χ2n) is 3.84. The molecule has 6 nitrogen and oxygen atoms in total. The Hall–Kier alpha value is -1.92. The highest BCUT2D eigenvalue weighted by atomic mass is 16.6. The lowest BCUT2D eigenvalue weighted by atomic mass is 10.2. The minimum atomic E-state index is -1.26. The zero-order chi connectivity index (χ0) is 14.1. The summed E-state index contributed by atoms with van der Waals surface area (Å²) in [5.41, 5.74) is 0.844. The van der Waals surface area contributed by atoms with Crippen molar-refractivity contribution >= 4 is 12.4 Å². The first kappa shape index (κ1) is 15.1. The highest BCUT2D eigenvalue weighted by Crippen LogP contribution is 2.03. The predicted octanol–water partition coefficient (Wildman–Crippen LogP) is 0.835. The number of amides is 1. The van der Waals surface area contributed by atoms with Gasteiger partial charge in [-0.1, -0.05) is 30.3 Å². The molecule has 6 heteroatoms. The Morgan fingerprint density at radius 3 is 2.68 bits per heavy atom. The number of methoxy groups -OCH3 is 1. The van der Waals surface area contributed by atoms with Crippen LogP contribution in [0.1, 0.15) is 12.0 Å². The highest BCUT2D eigenvalue weighted by Gasteiger charge is 2.21. The van der Waals surface area contributed by atoms with Crippen molar-refractivity contribution in [2.24, 2.45) is 0 Å². The Kier molecular flexibility index (Phi) is 6.56. The molecular formula is C13H17NO5. The minimum Gasteiger partial charge on any atom is -0.445 e. The summed E-state index contributed by atoms with van der Waals surface area (Å²) in [7, 11) is 1.28. The van der Waals surface area contributed by atoms with Crippen molar-refractivity contribution in [1.82, 2.24) is 5.32 Å². The van der Waals surface area contributed by atoms with Crippen molar-refractivity contribution in [2.45, 2.75) is 25.4 Å². The smallest absolute Gasteiger partial charge is 0.407 e. The number of carbonyl (C=O) groups excluding carboxylic acids is 2. The van der Waals surface area contributed by atoms with E-state index < -0.39 is 18.4 Å². The van der Waals surface area contributed by atoms with Gasteiger partial charge in [-0.2, -0.15) is 0 Å². The van der Waals surface area contributed by atoms with Gasteiger partial charge < -0.3 is 24.7 Å². The van der Waals surface area contributed by atoms with E-state index in [4.69, 9.17) is 4.74 Å². The second kappa shape index (κ2) is 8.23. The number of aldehydes is 1. The lowest BCUT2D eigenvalue weighted by Crippen LogP contribution is -2.44. The number of aliphatic hydroxyl groups is 1. The summed E-state index contributed by atoms with van der Waals surface area (Å²) in [4.78, 5) is 21.9. The number of alkyl carbamates (subject to hydrolysis) is 1. The first-order valence-electron chi connectivity index (χ1n) is 5.79. The van der Waals surface area contributed by atoms with Crippen molar-refractivity contribution in [2.75, 3.05) is 7.11 Å². The van der Waals surface area contributed by atoms with E-state index in [1.165, 1.54) is 7.11 Å². The molecule has 2 N–H and O–H groups in total. The molecule has 1 unspecified atom stereocenters. The third-order valence-corrected chi connectivity index (χ3v) is 2.45. The molecule has 104 valence electrons. The van der Waals surface area contributed by atoms with Gasteiger partial charge in [-0.3, -0.25) is 0 Å². The maximum absolute atomic E-state index is 11.5. The molecule has 19 heavy (non-hydrogen) atoms. The summed E-state index contributed by atoms with van der Waals surface area (Å²) >= 11 is 0. The van der Waals surface area contributed by atoms with Crippen LogP contribution in [0.15, 0.2) is 30.3 Å². The first-order valence-corrected chi connectivity index (χ1v) is 5.79. The van der Waals surface area contributed by atoms with E-state index in [9.17, 15) is 14.7 Å². The van der Waals surface area contributed by atoms with Crippen molar-refractivity contribution < 1.29 is 24.2 Å². The zero-order valence-corrected chi connectivity index (χ0v) is 10.6. The van der Waals surface area contributed by atoms with Gasteiger partial charge in [-0.05, 0) is 5.56 Å². The number of benzene rings is 1. The molecule has 1 aromatic rings. The lowest BCUT2D eigenvalue weighted by Gasteiger charge is -2.20. The summed E-state index contributed by atoms with van der Waals surface area (Å²) in [6.45, 7) is 0.115. The van der Waals surface area contributed by atoms with Gasteiger partial charge in [-0.15, -0.1) is 0 Å². The Labute approximate surface area is 111 Å². The Bertz CT molecular complexity index is 395. The van der Waals surface area contributed by atoms with Gasteiger partial charge in [0.1, 0.15) is 12.9 Å². The molecule has 1 rings (SSSR count). The average molecular weight is 267 g/mol. The van der Waals surface area contributed by atoms with E-state index in [-0.39, 0.29) is 13.0 Å². The lowest BCUT2D eigenvalue weighted by molar-refractivity contribution is -0.117. The van der Waals surface area contributed by atoms with Crippen molar-refractivity contribution in [3.05, 3.63) is 35.9 Å². The second-order valence-corrected chi connectivity index (χ2v) is 3.84. The van der Waals surface area contributed by atoms with E-state index in [1.54, 1.807) is 0 Å². The van der Waals surface area contributed by atoms with Gasteiger partial charge in [0.25, 0.3) is 0 Å². The topological polar surface area (TPSA) is 84.9 Å². The summed E-state index contributed by atoms with van der Waals surface area (Å²) in [5, 5.41) is 11.8. The van der Waals surface area contributed by atoms with Crippen LogP contribution in [0.3, 0.4) is 0 Å². The zero-order valence-electron chi connectivity index (χ0n) is 10.6. The van der Waals surface area contributed by atoms with E-state index in [1.807, 2.05) is 30.3 Å². The fourth-order valence-corrected chi connectivity index (χ4v) is 1.43. The van der Waals surface area contributed by atoms with Gasteiger partial charge in [-0.25, -0.2) is 4.79 Å². The van der Waals surface area contributed by atoms with Crippen molar-refractivity contribution in [3.8, 4) is 0 Å². The summed E-state index contributed by atoms with van der Waals surface area (Å²) in [6.07, 6.45) is -1.44. The predicted molar refractivity (Wildman–Crippen MR) is 67.2 cm³/mol. The molecular weight excluding hydrogens is 250 g/mol. The van der Waals surface area contributed by atoms with Crippen LogP contribution in [-0.2, 0) is 20.9 Å². The molecule has 0 spiro atoms. The summed E-state index contributed by atoms with van der Waals surface area (Å²) < 4.78 is 9.62. The molecule has 0 saturated heterocycles. The molecule has 2 atom stereocenters. The number of hydrogen-bond donors (Lipinski definition) is 2. The SMILES string of the molecule is COC(O)[C@H](CC=O)NC(=O)OCc1ccccc1. The van der Waals surface area contributed by atoms with Crippen LogP contribution in [0.2, 0.25) is 0 Å². The van der Waals surface area contributed by atoms with E-state index >= 15 is 0 Å². The van der Waals surface area contributed by atoms with Crippen LogP contribution in [0, 0.1) is 0 Å². The number of hydrogen-bond acceptors (Lipinski definition) is 5.